The molecule has 0 spiro atoms. The highest BCUT2D eigenvalue weighted by molar-refractivity contribution is 7.89. The summed E-state index contributed by atoms with van der Waals surface area (Å²) in [7, 11) is -4.00. The first-order valence-corrected chi connectivity index (χ1v) is 7.67. The van der Waals surface area contributed by atoms with Crippen LogP contribution in [0.3, 0.4) is 0 Å². The summed E-state index contributed by atoms with van der Waals surface area (Å²) in [5.74, 6) is -1.14. The molecule has 1 atom stereocenters. The molecule has 1 aliphatic heterocycles. The van der Waals surface area contributed by atoms with E-state index in [9.17, 15) is 17.6 Å². The van der Waals surface area contributed by atoms with E-state index in [1.54, 1.807) is 6.92 Å². The van der Waals surface area contributed by atoms with Crippen molar-refractivity contribution in [2.24, 2.45) is 0 Å². The van der Waals surface area contributed by atoms with Crippen molar-refractivity contribution in [2.75, 3.05) is 18.8 Å². The summed E-state index contributed by atoms with van der Waals surface area (Å²) in [6.45, 7) is 2.08. The number of sulfonamides is 1. The second-order valence-electron chi connectivity index (χ2n) is 4.48. The van der Waals surface area contributed by atoms with Crippen LogP contribution in [0.15, 0.2) is 23.1 Å². The second-order valence-corrected chi connectivity index (χ2v) is 6.34. The van der Waals surface area contributed by atoms with E-state index in [1.807, 2.05) is 0 Å². The fraction of sp³-hybridized carbons (Fsp3) is 0.417. The Morgan fingerprint density at radius 1 is 1.50 bits per heavy atom. The number of hydrogen-bond acceptors (Lipinski definition) is 4. The van der Waals surface area contributed by atoms with Crippen molar-refractivity contribution in [3.05, 3.63) is 24.0 Å². The summed E-state index contributed by atoms with van der Waals surface area (Å²) in [5, 5.41) is 2.61. The van der Waals surface area contributed by atoms with Gasteiger partial charge in [0.05, 0.1) is 5.69 Å². The predicted molar refractivity (Wildman–Crippen MR) is 71.8 cm³/mol. The molecule has 1 aliphatic rings. The van der Waals surface area contributed by atoms with E-state index in [4.69, 9.17) is 5.73 Å². The molecule has 1 aromatic rings. The minimum Gasteiger partial charge on any atom is -0.395 e. The van der Waals surface area contributed by atoms with E-state index in [-0.39, 0.29) is 23.9 Å². The third-order valence-corrected chi connectivity index (χ3v) is 5.23. The number of piperazine rings is 1. The zero-order valence-electron chi connectivity index (χ0n) is 11.0. The monoisotopic (exact) mass is 301 g/mol. The maximum absolute atomic E-state index is 13.4. The standard InChI is InChI=1S/C12H16FN3O3S/c1-2-9-12(17)15-6-7-16(9)20(18,19)10-5-3-4-8(13)11(10)14/h3-5,9H,2,6-7,14H2,1H3,(H,15,17). The van der Waals surface area contributed by atoms with E-state index >= 15 is 0 Å². The van der Waals surface area contributed by atoms with Crippen LogP contribution in [0.2, 0.25) is 0 Å². The fourth-order valence-corrected chi connectivity index (χ4v) is 4.03. The lowest BCUT2D eigenvalue weighted by molar-refractivity contribution is -0.126. The Kier molecular flexibility index (Phi) is 3.96. The van der Waals surface area contributed by atoms with Crippen LogP contribution in [-0.2, 0) is 14.8 Å². The highest BCUT2D eigenvalue weighted by atomic mass is 32.2. The Bertz CT molecular complexity index is 633. The van der Waals surface area contributed by atoms with Gasteiger partial charge in [-0.3, -0.25) is 4.79 Å². The lowest BCUT2D eigenvalue weighted by Crippen LogP contribution is -2.56. The molecule has 1 heterocycles. The van der Waals surface area contributed by atoms with Gasteiger partial charge in [0.25, 0.3) is 0 Å². The summed E-state index contributed by atoms with van der Waals surface area (Å²) < 4.78 is 39.7. The molecule has 1 amide bonds. The van der Waals surface area contributed by atoms with Crippen LogP contribution < -0.4 is 11.1 Å². The van der Waals surface area contributed by atoms with Crippen LogP contribution in [0.1, 0.15) is 13.3 Å². The van der Waals surface area contributed by atoms with Gasteiger partial charge in [0.15, 0.2) is 0 Å². The number of nitrogens with one attached hydrogen (secondary N) is 1. The Labute approximate surface area is 116 Å². The highest BCUT2D eigenvalue weighted by Crippen LogP contribution is 2.27. The summed E-state index contributed by atoms with van der Waals surface area (Å²) >= 11 is 0. The van der Waals surface area contributed by atoms with Crippen molar-refractivity contribution in [1.82, 2.24) is 9.62 Å². The number of anilines is 1. The van der Waals surface area contributed by atoms with Crippen molar-refractivity contribution in [2.45, 2.75) is 24.3 Å². The molecule has 20 heavy (non-hydrogen) atoms. The van der Waals surface area contributed by atoms with Crippen molar-refractivity contribution in [1.29, 1.82) is 0 Å². The number of carbonyl (C=O) groups excluding carboxylic acids is 1. The molecular formula is C12H16FN3O3S. The van der Waals surface area contributed by atoms with Crippen LogP contribution in [0, 0.1) is 5.82 Å². The zero-order chi connectivity index (χ0) is 14.9. The summed E-state index contributed by atoms with van der Waals surface area (Å²) in [6.07, 6.45) is 0.334. The Morgan fingerprint density at radius 2 is 2.20 bits per heavy atom. The van der Waals surface area contributed by atoms with E-state index in [1.165, 1.54) is 12.1 Å². The van der Waals surface area contributed by atoms with Gasteiger partial charge in [-0.15, -0.1) is 0 Å². The molecule has 1 saturated heterocycles. The first-order chi connectivity index (χ1) is 9.39. The molecule has 0 saturated carbocycles. The number of nitrogen functional groups attached to an aromatic ring is 1. The summed E-state index contributed by atoms with van der Waals surface area (Å²) in [5.41, 5.74) is 5.09. The molecule has 3 N–H and O–H groups in total. The minimum absolute atomic E-state index is 0.141. The quantitative estimate of drug-likeness (QED) is 0.786. The van der Waals surface area contributed by atoms with Crippen molar-refractivity contribution < 1.29 is 17.6 Å². The van der Waals surface area contributed by atoms with Gasteiger partial charge < -0.3 is 11.1 Å². The average Bonchev–Trinajstić information content (AvgIpc) is 2.41. The van der Waals surface area contributed by atoms with Crippen LogP contribution in [0.4, 0.5) is 10.1 Å². The van der Waals surface area contributed by atoms with E-state index < -0.39 is 27.6 Å². The average molecular weight is 301 g/mol. The molecule has 0 aliphatic carbocycles. The predicted octanol–water partition coefficient (Wildman–Crippen LogP) is 0.307. The number of para-hydroxylation sites is 1. The highest BCUT2D eigenvalue weighted by Gasteiger charge is 2.38. The van der Waals surface area contributed by atoms with Gasteiger partial charge in [-0.25, -0.2) is 12.8 Å². The minimum atomic E-state index is -4.00. The first-order valence-electron chi connectivity index (χ1n) is 6.23. The molecule has 8 heteroatoms. The topological polar surface area (TPSA) is 92.5 Å². The van der Waals surface area contributed by atoms with Crippen molar-refractivity contribution in [3.8, 4) is 0 Å². The number of hydrogen-bond donors (Lipinski definition) is 2. The van der Waals surface area contributed by atoms with Gasteiger partial charge in [0.2, 0.25) is 15.9 Å². The fourth-order valence-electron chi connectivity index (χ4n) is 2.24. The zero-order valence-corrected chi connectivity index (χ0v) is 11.8. The smallest absolute Gasteiger partial charge is 0.246 e. The SMILES string of the molecule is CCC1C(=O)NCCN1S(=O)(=O)c1cccc(F)c1N. The van der Waals surface area contributed by atoms with Crippen LogP contribution in [-0.4, -0.2) is 37.8 Å². The first kappa shape index (κ1) is 14.7. The van der Waals surface area contributed by atoms with Gasteiger partial charge >= 0.3 is 0 Å². The molecule has 0 bridgehead atoms. The van der Waals surface area contributed by atoms with Crippen molar-refractivity contribution in [3.63, 3.8) is 0 Å². The number of halogens is 1. The molecule has 0 aromatic heterocycles. The molecule has 110 valence electrons. The number of rotatable bonds is 3. The van der Waals surface area contributed by atoms with Gasteiger partial charge in [-0.2, -0.15) is 4.31 Å². The summed E-state index contributed by atoms with van der Waals surface area (Å²) in [4.78, 5) is 11.4. The van der Waals surface area contributed by atoms with Crippen molar-refractivity contribution >= 4 is 21.6 Å². The number of carbonyl (C=O) groups is 1. The maximum Gasteiger partial charge on any atom is 0.246 e. The molecular weight excluding hydrogens is 285 g/mol. The number of amides is 1. The van der Waals surface area contributed by atoms with Gasteiger partial charge in [-0.1, -0.05) is 13.0 Å². The Morgan fingerprint density at radius 3 is 2.85 bits per heavy atom. The normalized spacial score (nSPS) is 20.7. The Hall–Kier alpha value is -1.67. The molecule has 2 rings (SSSR count). The van der Waals surface area contributed by atoms with Crippen LogP contribution >= 0.6 is 0 Å². The Balaban J connectivity index is 2.48. The van der Waals surface area contributed by atoms with Gasteiger partial charge in [-0.05, 0) is 18.6 Å². The molecule has 1 unspecified atom stereocenters. The molecule has 1 fully saturated rings. The number of nitrogens with zero attached hydrogens (tertiary/aromatic N) is 1. The second kappa shape index (κ2) is 5.37. The van der Waals surface area contributed by atoms with E-state index in [0.29, 0.717) is 6.42 Å². The third-order valence-electron chi connectivity index (χ3n) is 3.27. The van der Waals surface area contributed by atoms with Crippen LogP contribution in [0.25, 0.3) is 0 Å². The van der Waals surface area contributed by atoms with Gasteiger partial charge in [0, 0.05) is 13.1 Å². The van der Waals surface area contributed by atoms with Gasteiger partial charge in [0.1, 0.15) is 16.8 Å². The lowest BCUT2D eigenvalue weighted by Gasteiger charge is -2.33. The third kappa shape index (κ3) is 2.36. The van der Waals surface area contributed by atoms with Crippen LogP contribution in [0.5, 0.6) is 0 Å². The number of nitrogens with two attached hydrogens (primary N) is 1. The lowest BCUT2D eigenvalue weighted by atomic mass is 10.2. The molecule has 0 radical (unpaired) electrons. The maximum atomic E-state index is 13.4. The largest absolute Gasteiger partial charge is 0.395 e. The summed E-state index contributed by atoms with van der Waals surface area (Å²) in [6, 6.07) is 2.82. The molecule has 6 nitrogen and oxygen atoms in total. The molecule has 1 aromatic carbocycles. The number of benzene rings is 1. The van der Waals surface area contributed by atoms with E-state index in [2.05, 4.69) is 5.32 Å². The van der Waals surface area contributed by atoms with E-state index in [0.717, 1.165) is 10.4 Å².